The Labute approximate surface area is 680 Å². The highest BCUT2D eigenvalue weighted by Crippen LogP contribution is 2.48. The summed E-state index contributed by atoms with van der Waals surface area (Å²) in [5.74, 6) is 1.61. The molecule has 15 aromatic carbocycles. The second kappa shape index (κ2) is 29.2. The van der Waals surface area contributed by atoms with Crippen molar-refractivity contribution in [1.29, 1.82) is 0 Å². The molecule has 0 unspecified atom stereocenters. The highest BCUT2D eigenvalue weighted by Gasteiger charge is 2.24. The van der Waals surface area contributed by atoms with Crippen molar-refractivity contribution in [3.05, 3.63) is 414 Å². The van der Waals surface area contributed by atoms with Crippen LogP contribution < -0.4 is 0 Å². The quantitative estimate of drug-likeness (QED) is 0.0694. The SMILES string of the molecule is c1ccc(-c2ccc(-c3ccccc3-c3cc(-c4ccccc4-c4ccc(-c5ccccn5)cc4)cc(-c4nccn4-c4ccc5c(c4)c4cccc6c7cc(-n8ccnc8-c8cc(-c9ccccc9-c9ccc(-c%10ccccn%10)cc9)cc(-c9ccccc9-c9ccc(-c%10ccccn%10)cc9)c8)ccc7c7ncnc5c7c46)c3)cc2)nc1. The molecule has 0 radical (unpaired) electrons. The minimum Gasteiger partial charge on any atom is -0.300 e. The molecule has 550 valence electrons. The number of fused-ring (bicyclic) bond motifs is 6. The van der Waals surface area contributed by atoms with Gasteiger partial charge in [0.1, 0.15) is 18.0 Å². The first-order valence-corrected chi connectivity index (χ1v) is 39.6. The van der Waals surface area contributed by atoms with Crippen LogP contribution in [0.2, 0.25) is 0 Å². The smallest absolute Gasteiger partial charge is 0.144 e. The maximum Gasteiger partial charge on any atom is 0.144 e. The Morgan fingerprint density at radius 3 is 0.746 bits per heavy atom. The minimum absolute atomic E-state index is 0.803. The Morgan fingerprint density at radius 2 is 0.449 bits per heavy atom. The number of hydrogen-bond donors (Lipinski definition) is 0. The maximum atomic E-state index is 5.29. The zero-order valence-corrected chi connectivity index (χ0v) is 63.7. The van der Waals surface area contributed by atoms with Gasteiger partial charge in [0.15, 0.2) is 0 Å². The van der Waals surface area contributed by atoms with E-state index in [1.54, 1.807) is 6.33 Å². The number of benzene rings is 15. The third-order valence-corrected chi connectivity index (χ3v) is 23.1. The topological polar surface area (TPSA) is 113 Å². The van der Waals surface area contributed by atoms with Gasteiger partial charge in [-0.3, -0.25) is 29.1 Å². The average molecular weight is 1510 g/mol. The fraction of sp³-hybridized carbons (Fsp3) is 0. The lowest BCUT2D eigenvalue weighted by Gasteiger charge is -2.19. The molecule has 0 atom stereocenters. The van der Waals surface area contributed by atoms with Gasteiger partial charge >= 0.3 is 0 Å². The molecule has 0 fully saturated rings. The Kier molecular flexibility index (Phi) is 17.0. The Hall–Kier alpha value is -16.0. The molecule has 118 heavy (non-hydrogen) atoms. The highest BCUT2D eigenvalue weighted by atomic mass is 15.1. The van der Waals surface area contributed by atoms with Crippen LogP contribution in [-0.2, 0) is 0 Å². The van der Waals surface area contributed by atoms with Crippen LogP contribution >= 0.6 is 0 Å². The van der Waals surface area contributed by atoms with Crippen molar-refractivity contribution < 1.29 is 0 Å². The third-order valence-electron chi connectivity index (χ3n) is 23.1. The molecule has 0 saturated carbocycles. The molecule has 10 heteroatoms. The van der Waals surface area contributed by atoms with Crippen molar-refractivity contribution >= 4 is 54.1 Å². The van der Waals surface area contributed by atoms with Crippen molar-refractivity contribution in [2.75, 3.05) is 0 Å². The Balaban J connectivity index is 0.668. The van der Waals surface area contributed by atoms with Crippen LogP contribution in [0.15, 0.2) is 414 Å². The fourth-order valence-corrected chi connectivity index (χ4v) is 17.5. The van der Waals surface area contributed by atoms with E-state index in [2.05, 4.69) is 351 Å². The summed E-state index contributed by atoms with van der Waals surface area (Å²) >= 11 is 0. The second-order valence-corrected chi connectivity index (χ2v) is 29.8. The number of aromatic nitrogens is 10. The molecule has 0 bridgehead atoms. The van der Waals surface area contributed by atoms with Gasteiger partial charge in [-0.1, -0.05) is 249 Å². The lowest BCUT2D eigenvalue weighted by atomic mass is 9.88. The summed E-state index contributed by atoms with van der Waals surface area (Å²) in [4.78, 5) is 39.6. The van der Waals surface area contributed by atoms with E-state index < -0.39 is 0 Å². The van der Waals surface area contributed by atoms with Crippen LogP contribution in [0.1, 0.15) is 0 Å². The lowest BCUT2D eigenvalue weighted by Crippen LogP contribution is -1.99. The van der Waals surface area contributed by atoms with Crippen LogP contribution in [0.5, 0.6) is 0 Å². The van der Waals surface area contributed by atoms with Gasteiger partial charge in [-0.15, -0.1) is 0 Å². The van der Waals surface area contributed by atoms with Gasteiger partial charge in [0.05, 0.1) is 33.8 Å². The van der Waals surface area contributed by atoms with Crippen molar-refractivity contribution in [1.82, 2.24) is 49.0 Å². The van der Waals surface area contributed by atoms with Crippen molar-refractivity contribution in [3.8, 4) is 168 Å². The standard InChI is InChI=1S/C108H68N10/c1-5-22-89(85(18-1)69-32-40-73(41-33-69)99-28-9-13-52-109-99)77-60-78(90-23-6-2-19-86(90)70-34-42-74(43-35-70)100-29-10-14-53-110-100)63-81(62-77)107-113-56-58-117(107)83-48-50-95-97(66-83)93-26-17-27-94-98-67-84(49-51-96(98)106-104(103(93)94)105(95)115-68-116-106)118-59-57-114-108(118)82-64-79(91-24-7-3-20-87(91)71-36-44-75(45-37-71)101-30-11-15-54-111-101)61-80(65-82)92-25-8-4-21-88(92)72-38-46-76(47-39-72)102-31-12-16-55-112-102/h1-68H. The molecule has 0 N–H and O–H groups in total. The first-order chi connectivity index (χ1) is 58.5. The maximum absolute atomic E-state index is 5.29. The molecule has 7 aromatic heterocycles. The molecule has 7 heterocycles. The van der Waals surface area contributed by atoms with Crippen LogP contribution in [-0.4, -0.2) is 49.0 Å². The van der Waals surface area contributed by atoms with E-state index in [-0.39, 0.29) is 0 Å². The largest absolute Gasteiger partial charge is 0.300 e. The number of rotatable bonds is 16. The molecule has 10 nitrogen and oxygen atoms in total. The van der Waals surface area contributed by atoms with Crippen LogP contribution in [0.25, 0.3) is 222 Å². The molecular weight excluding hydrogens is 1440 g/mol. The van der Waals surface area contributed by atoms with E-state index in [1.165, 1.54) is 0 Å². The van der Waals surface area contributed by atoms with Crippen LogP contribution in [0.3, 0.4) is 0 Å². The lowest BCUT2D eigenvalue weighted by molar-refractivity contribution is 1.07. The van der Waals surface area contributed by atoms with Crippen LogP contribution in [0.4, 0.5) is 0 Å². The molecule has 0 amide bonds. The van der Waals surface area contributed by atoms with E-state index in [0.29, 0.717) is 0 Å². The zero-order valence-electron chi connectivity index (χ0n) is 63.7. The van der Waals surface area contributed by atoms with E-state index in [9.17, 15) is 0 Å². The molecule has 0 saturated heterocycles. The first-order valence-electron chi connectivity index (χ1n) is 39.6. The summed E-state index contributed by atoms with van der Waals surface area (Å²) in [6.07, 6.45) is 17.1. The monoisotopic (exact) mass is 1500 g/mol. The summed E-state index contributed by atoms with van der Waals surface area (Å²) in [5, 5.41) is 8.59. The predicted octanol–water partition coefficient (Wildman–Crippen LogP) is 27.0. The molecule has 22 aromatic rings. The van der Waals surface area contributed by atoms with Gasteiger partial charge in [0.25, 0.3) is 0 Å². The van der Waals surface area contributed by atoms with E-state index in [1.807, 2.05) is 85.7 Å². The molecule has 0 aliphatic heterocycles. The molecular formula is C108H68N10. The van der Waals surface area contributed by atoms with Crippen molar-refractivity contribution in [2.45, 2.75) is 0 Å². The third kappa shape index (κ3) is 12.3. The number of nitrogens with zero attached hydrogens (tertiary/aromatic N) is 10. The molecule has 0 aliphatic carbocycles. The summed E-state index contributed by atoms with van der Waals surface area (Å²) < 4.78 is 4.46. The number of pyridine rings is 4. The second-order valence-electron chi connectivity index (χ2n) is 29.8. The van der Waals surface area contributed by atoms with Crippen LogP contribution in [0, 0.1) is 0 Å². The van der Waals surface area contributed by atoms with Gasteiger partial charge in [-0.25, -0.2) is 19.9 Å². The molecule has 0 spiro atoms. The predicted molar refractivity (Wildman–Crippen MR) is 482 cm³/mol. The van der Waals surface area contributed by atoms with E-state index >= 15 is 0 Å². The van der Waals surface area contributed by atoms with Gasteiger partial charge in [0.2, 0.25) is 0 Å². The van der Waals surface area contributed by atoms with E-state index in [4.69, 9.17) is 19.9 Å². The number of hydrogen-bond acceptors (Lipinski definition) is 8. The van der Waals surface area contributed by atoms with Gasteiger partial charge in [-0.2, -0.15) is 0 Å². The summed E-state index contributed by atoms with van der Waals surface area (Å²) in [6, 6.07) is 128. The first kappa shape index (κ1) is 68.7. The van der Waals surface area contributed by atoms with Gasteiger partial charge < -0.3 is 0 Å². The summed E-state index contributed by atoms with van der Waals surface area (Å²) in [6.45, 7) is 0. The van der Waals surface area contributed by atoms with Crippen molar-refractivity contribution in [2.24, 2.45) is 0 Å². The Morgan fingerprint density at radius 1 is 0.169 bits per heavy atom. The van der Waals surface area contributed by atoms with Gasteiger partial charge in [-0.05, 0) is 220 Å². The summed E-state index contributed by atoms with van der Waals surface area (Å²) in [5.41, 5.74) is 31.2. The molecule has 0 aliphatic rings. The van der Waals surface area contributed by atoms with Gasteiger partial charge in [0, 0.05) is 116 Å². The molecule has 22 rings (SSSR count). The normalized spacial score (nSPS) is 11.6. The highest BCUT2D eigenvalue weighted by molar-refractivity contribution is 6.38. The Bertz CT molecular complexity index is 6820. The number of imidazole rings is 2. The average Bonchev–Trinajstić information content (AvgIpc) is 0.763. The zero-order chi connectivity index (χ0) is 78.0. The fourth-order valence-electron chi connectivity index (χ4n) is 17.5. The minimum atomic E-state index is 0.803. The van der Waals surface area contributed by atoms with E-state index in [0.717, 1.165) is 222 Å². The van der Waals surface area contributed by atoms with Crippen molar-refractivity contribution in [3.63, 3.8) is 0 Å². The summed E-state index contributed by atoms with van der Waals surface area (Å²) in [7, 11) is 0.